The van der Waals surface area contributed by atoms with Crippen LogP contribution in [0.4, 0.5) is 0 Å². The van der Waals surface area contributed by atoms with Gasteiger partial charge >= 0.3 is 0 Å². The maximum atomic E-state index is 5.62. The summed E-state index contributed by atoms with van der Waals surface area (Å²) in [4.78, 5) is 1.32. The monoisotopic (exact) mass is 295 g/mol. The quantitative estimate of drug-likeness (QED) is 0.512. The van der Waals surface area contributed by atoms with E-state index in [9.17, 15) is 0 Å². The standard InChI is InChI=1S/C17H29NOS/c1-14(2)9-10-19-11-12-20-17-7-5-16(6-8-17)13-18-15(3)4/h5-8,14-15,18H,9-13H2,1-4H3. The van der Waals surface area contributed by atoms with Crippen LogP contribution in [-0.4, -0.2) is 25.0 Å². The minimum atomic E-state index is 0.534. The molecule has 2 nitrogen and oxygen atoms in total. The van der Waals surface area contributed by atoms with E-state index in [1.807, 2.05) is 11.8 Å². The van der Waals surface area contributed by atoms with Crippen molar-refractivity contribution >= 4 is 11.8 Å². The van der Waals surface area contributed by atoms with E-state index in [1.54, 1.807) is 0 Å². The van der Waals surface area contributed by atoms with Gasteiger partial charge in [-0.25, -0.2) is 0 Å². The molecule has 1 aromatic rings. The van der Waals surface area contributed by atoms with Crippen LogP contribution in [0.3, 0.4) is 0 Å². The van der Waals surface area contributed by atoms with Crippen molar-refractivity contribution in [2.24, 2.45) is 5.92 Å². The molecule has 0 saturated heterocycles. The molecule has 0 spiro atoms. The fourth-order valence-electron chi connectivity index (χ4n) is 1.67. The van der Waals surface area contributed by atoms with Gasteiger partial charge in [0, 0.05) is 29.8 Å². The summed E-state index contributed by atoms with van der Waals surface area (Å²) in [5.74, 6) is 1.76. The van der Waals surface area contributed by atoms with Crippen LogP contribution in [0, 0.1) is 5.92 Å². The average molecular weight is 295 g/mol. The van der Waals surface area contributed by atoms with Crippen LogP contribution < -0.4 is 5.32 Å². The molecule has 1 aromatic carbocycles. The van der Waals surface area contributed by atoms with Gasteiger partial charge in [0.2, 0.25) is 0 Å². The Morgan fingerprint density at radius 3 is 2.35 bits per heavy atom. The van der Waals surface area contributed by atoms with Crippen LogP contribution >= 0.6 is 11.8 Å². The highest BCUT2D eigenvalue weighted by Crippen LogP contribution is 2.18. The molecule has 1 N–H and O–H groups in total. The minimum Gasteiger partial charge on any atom is -0.381 e. The normalized spacial score (nSPS) is 11.5. The van der Waals surface area contributed by atoms with Gasteiger partial charge < -0.3 is 10.1 Å². The topological polar surface area (TPSA) is 21.3 Å². The zero-order valence-electron chi connectivity index (χ0n) is 13.3. The molecule has 0 amide bonds. The number of rotatable bonds is 10. The predicted molar refractivity (Wildman–Crippen MR) is 89.4 cm³/mol. The van der Waals surface area contributed by atoms with Crippen molar-refractivity contribution in [2.75, 3.05) is 19.0 Å². The number of hydrogen-bond acceptors (Lipinski definition) is 3. The van der Waals surface area contributed by atoms with Crippen molar-refractivity contribution in [2.45, 2.75) is 51.6 Å². The summed E-state index contributed by atoms with van der Waals surface area (Å²) in [6, 6.07) is 9.35. The Bertz CT molecular complexity index is 349. The molecular weight excluding hydrogens is 266 g/mol. The van der Waals surface area contributed by atoms with Crippen molar-refractivity contribution in [3.63, 3.8) is 0 Å². The van der Waals surface area contributed by atoms with E-state index in [-0.39, 0.29) is 0 Å². The van der Waals surface area contributed by atoms with E-state index in [2.05, 4.69) is 57.3 Å². The highest BCUT2D eigenvalue weighted by Gasteiger charge is 1.98. The maximum Gasteiger partial charge on any atom is 0.0560 e. The number of hydrogen-bond donors (Lipinski definition) is 1. The average Bonchev–Trinajstić information content (AvgIpc) is 2.41. The van der Waals surface area contributed by atoms with E-state index < -0.39 is 0 Å². The van der Waals surface area contributed by atoms with Crippen molar-refractivity contribution in [1.29, 1.82) is 0 Å². The first-order valence-electron chi connectivity index (χ1n) is 7.60. The van der Waals surface area contributed by atoms with Crippen LogP contribution in [0.25, 0.3) is 0 Å². The molecule has 3 heteroatoms. The van der Waals surface area contributed by atoms with Crippen LogP contribution in [0.2, 0.25) is 0 Å². The van der Waals surface area contributed by atoms with Crippen molar-refractivity contribution in [3.05, 3.63) is 29.8 Å². The molecule has 0 unspecified atom stereocenters. The summed E-state index contributed by atoms with van der Waals surface area (Å²) < 4.78 is 5.62. The number of benzene rings is 1. The second kappa shape index (κ2) is 10.3. The van der Waals surface area contributed by atoms with Gasteiger partial charge in [-0.3, -0.25) is 0 Å². The Balaban J connectivity index is 2.15. The highest BCUT2D eigenvalue weighted by atomic mass is 32.2. The maximum absolute atomic E-state index is 5.62. The molecule has 0 radical (unpaired) electrons. The molecule has 0 saturated carbocycles. The largest absolute Gasteiger partial charge is 0.381 e. The lowest BCUT2D eigenvalue weighted by Crippen LogP contribution is -2.21. The highest BCUT2D eigenvalue weighted by molar-refractivity contribution is 7.99. The number of thioether (sulfide) groups is 1. The molecule has 0 atom stereocenters. The van der Waals surface area contributed by atoms with E-state index in [1.165, 1.54) is 10.5 Å². The lowest BCUT2D eigenvalue weighted by molar-refractivity contribution is 0.138. The van der Waals surface area contributed by atoms with Crippen LogP contribution in [0.5, 0.6) is 0 Å². The molecule has 0 bridgehead atoms. The van der Waals surface area contributed by atoms with Crippen LogP contribution in [0.15, 0.2) is 29.2 Å². The van der Waals surface area contributed by atoms with Gasteiger partial charge in [-0.2, -0.15) is 0 Å². The number of nitrogens with one attached hydrogen (secondary N) is 1. The SMILES string of the molecule is CC(C)CCOCCSc1ccc(CNC(C)C)cc1. The molecular formula is C17H29NOS. The fourth-order valence-corrected chi connectivity index (χ4v) is 2.43. The summed E-state index contributed by atoms with van der Waals surface area (Å²) in [5, 5.41) is 3.43. The van der Waals surface area contributed by atoms with Gasteiger partial charge in [0.25, 0.3) is 0 Å². The van der Waals surface area contributed by atoms with E-state index >= 15 is 0 Å². The molecule has 0 fully saturated rings. The Morgan fingerprint density at radius 2 is 1.75 bits per heavy atom. The van der Waals surface area contributed by atoms with E-state index in [0.717, 1.165) is 37.9 Å². The number of ether oxygens (including phenoxy) is 1. The van der Waals surface area contributed by atoms with Crippen LogP contribution in [0.1, 0.15) is 39.7 Å². The van der Waals surface area contributed by atoms with E-state index in [4.69, 9.17) is 4.74 Å². The molecule has 0 heterocycles. The lowest BCUT2D eigenvalue weighted by atomic mass is 10.1. The van der Waals surface area contributed by atoms with Gasteiger partial charge in [-0.1, -0.05) is 39.8 Å². The first-order valence-corrected chi connectivity index (χ1v) is 8.59. The summed E-state index contributed by atoms with van der Waals surface area (Å²) in [6.45, 7) is 11.5. The van der Waals surface area contributed by atoms with Gasteiger partial charge in [0.1, 0.15) is 0 Å². The van der Waals surface area contributed by atoms with Gasteiger partial charge in [0.15, 0.2) is 0 Å². The third kappa shape index (κ3) is 8.62. The van der Waals surface area contributed by atoms with Gasteiger partial charge in [-0.15, -0.1) is 11.8 Å². The Morgan fingerprint density at radius 1 is 1.05 bits per heavy atom. The molecule has 0 aliphatic carbocycles. The zero-order chi connectivity index (χ0) is 14.8. The van der Waals surface area contributed by atoms with Crippen molar-refractivity contribution in [1.82, 2.24) is 5.32 Å². The summed E-state index contributed by atoms with van der Waals surface area (Å²) >= 11 is 1.87. The molecule has 20 heavy (non-hydrogen) atoms. The predicted octanol–water partition coefficient (Wildman–Crippen LogP) is 4.34. The second-order valence-corrected chi connectivity index (χ2v) is 6.99. The summed E-state index contributed by atoms with van der Waals surface area (Å²) in [7, 11) is 0. The molecule has 114 valence electrons. The molecule has 0 aliphatic heterocycles. The van der Waals surface area contributed by atoms with Crippen molar-refractivity contribution < 1.29 is 4.74 Å². The third-order valence-electron chi connectivity index (χ3n) is 2.97. The van der Waals surface area contributed by atoms with Crippen molar-refractivity contribution in [3.8, 4) is 0 Å². The fraction of sp³-hybridized carbons (Fsp3) is 0.647. The smallest absolute Gasteiger partial charge is 0.0560 e. The Labute approximate surface area is 128 Å². The van der Waals surface area contributed by atoms with Gasteiger partial charge in [0.05, 0.1) is 6.61 Å². The molecule has 0 aromatic heterocycles. The lowest BCUT2D eigenvalue weighted by Gasteiger charge is -2.09. The minimum absolute atomic E-state index is 0.534. The second-order valence-electron chi connectivity index (χ2n) is 5.82. The van der Waals surface area contributed by atoms with Gasteiger partial charge in [-0.05, 0) is 30.0 Å². The summed E-state index contributed by atoms with van der Waals surface area (Å²) in [5.41, 5.74) is 1.34. The van der Waals surface area contributed by atoms with E-state index in [0.29, 0.717) is 6.04 Å². The molecule has 0 aliphatic rings. The zero-order valence-corrected chi connectivity index (χ0v) is 14.1. The third-order valence-corrected chi connectivity index (χ3v) is 3.95. The Hall–Kier alpha value is -0.510. The first kappa shape index (κ1) is 17.5. The van der Waals surface area contributed by atoms with Crippen LogP contribution in [-0.2, 0) is 11.3 Å². The summed E-state index contributed by atoms with van der Waals surface area (Å²) in [6.07, 6.45) is 1.15. The molecule has 1 rings (SSSR count). The Kier molecular flexibility index (Phi) is 8.99. The first-order chi connectivity index (χ1) is 9.58.